The summed E-state index contributed by atoms with van der Waals surface area (Å²) >= 11 is 0. The lowest BCUT2D eigenvalue weighted by Crippen LogP contribution is -2.28. The number of nitrogens with zero attached hydrogens (tertiary/aromatic N) is 2. The zero-order chi connectivity index (χ0) is 10.7. The molecule has 3 heteroatoms. The molecule has 0 aliphatic heterocycles. The van der Waals surface area contributed by atoms with Crippen molar-refractivity contribution in [3.63, 3.8) is 0 Å². The molecule has 1 aliphatic rings. The Balaban J connectivity index is 1.86. The van der Waals surface area contributed by atoms with E-state index in [4.69, 9.17) is 5.11 Å². The lowest BCUT2D eigenvalue weighted by atomic mass is 10.3. The molecule has 0 atom stereocenters. The van der Waals surface area contributed by atoms with Gasteiger partial charge in [0.25, 0.3) is 0 Å². The highest BCUT2D eigenvalue weighted by Gasteiger charge is 2.24. The molecule has 1 aliphatic carbocycles. The number of hydrogen-bond donors (Lipinski definition) is 1. The minimum absolute atomic E-state index is 0.263. The third-order valence-electron chi connectivity index (χ3n) is 2.93. The average Bonchev–Trinajstić information content (AvgIpc) is 2.90. The van der Waals surface area contributed by atoms with Crippen LogP contribution in [0, 0.1) is 5.92 Å². The second-order valence-electron chi connectivity index (χ2n) is 4.59. The fourth-order valence-corrected chi connectivity index (χ4v) is 1.95. The zero-order valence-electron chi connectivity index (χ0n) is 9.39. The molecule has 1 N–H and O–H groups in total. The van der Waals surface area contributed by atoms with E-state index in [0.29, 0.717) is 0 Å². The van der Waals surface area contributed by atoms with Crippen molar-refractivity contribution in [2.75, 3.05) is 19.7 Å². The van der Waals surface area contributed by atoms with Crippen LogP contribution in [0.25, 0.3) is 0 Å². The molecule has 0 radical (unpaired) electrons. The smallest absolute Gasteiger partial charge is 0.0558 e. The van der Waals surface area contributed by atoms with Crippen LogP contribution in [0.5, 0.6) is 0 Å². The van der Waals surface area contributed by atoms with E-state index < -0.39 is 0 Å². The van der Waals surface area contributed by atoms with Crippen molar-refractivity contribution in [3.05, 3.63) is 24.0 Å². The molecule has 0 amide bonds. The van der Waals surface area contributed by atoms with Gasteiger partial charge in [-0.2, -0.15) is 0 Å². The SMILES string of the molecule is Cn1ccc(CN(CCO)CC2CC2)c1. The van der Waals surface area contributed by atoms with Gasteiger partial charge >= 0.3 is 0 Å². The second-order valence-corrected chi connectivity index (χ2v) is 4.59. The van der Waals surface area contributed by atoms with E-state index in [1.165, 1.54) is 18.4 Å². The van der Waals surface area contributed by atoms with Gasteiger partial charge in [-0.3, -0.25) is 4.90 Å². The van der Waals surface area contributed by atoms with Crippen molar-refractivity contribution in [1.29, 1.82) is 0 Å². The van der Waals surface area contributed by atoms with Crippen LogP contribution in [-0.4, -0.2) is 34.3 Å². The van der Waals surface area contributed by atoms with Gasteiger partial charge in [-0.1, -0.05) is 0 Å². The van der Waals surface area contributed by atoms with E-state index in [9.17, 15) is 0 Å². The summed E-state index contributed by atoms with van der Waals surface area (Å²) in [6.45, 7) is 3.18. The Morgan fingerprint density at radius 1 is 1.53 bits per heavy atom. The van der Waals surface area contributed by atoms with Crippen LogP contribution in [0.2, 0.25) is 0 Å². The van der Waals surface area contributed by atoms with Crippen LogP contribution >= 0.6 is 0 Å². The van der Waals surface area contributed by atoms with Crippen LogP contribution in [0.1, 0.15) is 18.4 Å². The molecule has 0 spiro atoms. The summed E-state index contributed by atoms with van der Waals surface area (Å²) in [5.41, 5.74) is 1.34. The first-order valence-electron chi connectivity index (χ1n) is 5.72. The van der Waals surface area contributed by atoms with Gasteiger partial charge in [-0.25, -0.2) is 0 Å². The van der Waals surface area contributed by atoms with Gasteiger partial charge in [0.1, 0.15) is 0 Å². The second kappa shape index (κ2) is 4.81. The largest absolute Gasteiger partial charge is 0.395 e. The Hall–Kier alpha value is -0.800. The van der Waals surface area contributed by atoms with E-state index in [-0.39, 0.29) is 6.61 Å². The third kappa shape index (κ3) is 3.36. The first-order chi connectivity index (χ1) is 7.28. The molecule has 1 fully saturated rings. The molecular formula is C12H20N2O. The van der Waals surface area contributed by atoms with Crippen molar-refractivity contribution in [1.82, 2.24) is 9.47 Å². The Labute approximate surface area is 91.3 Å². The summed E-state index contributed by atoms with van der Waals surface area (Å²) in [6, 6.07) is 2.15. The number of aliphatic hydroxyl groups is 1. The molecule has 1 heterocycles. The van der Waals surface area contributed by atoms with Crippen molar-refractivity contribution < 1.29 is 5.11 Å². The van der Waals surface area contributed by atoms with Crippen LogP contribution in [-0.2, 0) is 13.6 Å². The molecule has 0 aromatic carbocycles. The lowest BCUT2D eigenvalue weighted by Gasteiger charge is -2.20. The van der Waals surface area contributed by atoms with E-state index >= 15 is 0 Å². The molecule has 1 aromatic heterocycles. The molecular weight excluding hydrogens is 188 g/mol. The Morgan fingerprint density at radius 2 is 2.33 bits per heavy atom. The fraction of sp³-hybridized carbons (Fsp3) is 0.667. The van der Waals surface area contributed by atoms with Gasteiger partial charge in [-0.15, -0.1) is 0 Å². The van der Waals surface area contributed by atoms with Gasteiger partial charge in [-0.05, 0) is 30.4 Å². The predicted octanol–water partition coefficient (Wildman–Crippen LogP) is 1.23. The van der Waals surface area contributed by atoms with Crippen molar-refractivity contribution in [3.8, 4) is 0 Å². The maximum atomic E-state index is 9.01. The Bertz CT molecular complexity index is 304. The van der Waals surface area contributed by atoms with Gasteiger partial charge in [0, 0.05) is 39.1 Å². The molecule has 15 heavy (non-hydrogen) atoms. The molecule has 1 aromatic rings. The van der Waals surface area contributed by atoms with Crippen LogP contribution < -0.4 is 0 Å². The topological polar surface area (TPSA) is 28.4 Å². The number of aromatic nitrogens is 1. The standard InChI is InChI=1S/C12H20N2O/c1-13-5-4-12(8-13)10-14(6-7-15)9-11-2-3-11/h4-5,8,11,15H,2-3,6-7,9-10H2,1H3. The van der Waals surface area contributed by atoms with Gasteiger partial charge in [0.15, 0.2) is 0 Å². The van der Waals surface area contributed by atoms with Crippen LogP contribution in [0.4, 0.5) is 0 Å². The molecule has 0 saturated heterocycles. The molecule has 0 bridgehead atoms. The summed E-state index contributed by atoms with van der Waals surface area (Å²) in [5, 5.41) is 9.01. The summed E-state index contributed by atoms with van der Waals surface area (Å²) < 4.78 is 2.07. The van der Waals surface area contributed by atoms with Crippen molar-refractivity contribution >= 4 is 0 Å². The summed E-state index contributed by atoms with van der Waals surface area (Å²) in [5.74, 6) is 0.889. The molecule has 84 valence electrons. The first-order valence-corrected chi connectivity index (χ1v) is 5.72. The highest BCUT2D eigenvalue weighted by Crippen LogP contribution is 2.30. The van der Waals surface area contributed by atoms with E-state index in [2.05, 4.69) is 27.9 Å². The van der Waals surface area contributed by atoms with Crippen LogP contribution in [0.3, 0.4) is 0 Å². The van der Waals surface area contributed by atoms with Crippen molar-refractivity contribution in [2.24, 2.45) is 13.0 Å². The van der Waals surface area contributed by atoms with Crippen LogP contribution in [0.15, 0.2) is 18.5 Å². The fourth-order valence-electron chi connectivity index (χ4n) is 1.95. The zero-order valence-corrected chi connectivity index (χ0v) is 9.39. The first kappa shape index (κ1) is 10.7. The summed E-state index contributed by atoms with van der Waals surface area (Å²) in [4.78, 5) is 2.35. The monoisotopic (exact) mass is 208 g/mol. The summed E-state index contributed by atoms with van der Waals surface area (Å²) in [6.07, 6.45) is 6.97. The van der Waals surface area contributed by atoms with Gasteiger partial charge < -0.3 is 9.67 Å². The average molecular weight is 208 g/mol. The van der Waals surface area contributed by atoms with Gasteiger partial charge in [0.05, 0.1) is 6.61 Å². The lowest BCUT2D eigenvalue weighted by molar-refractivity contribution is 0.185. The quantitative estimate of drug-likeness (QED) is 0.761. The van der Waals surface area contributed by atoms with E-state index in [1.807, 2.05) is 7.05 Å². The number of aryl methyl sites for hydroxylation is 1. The maximum Gasteiger partial charge on any atom is 0.0558 e. The Kier molecular flexibility index (Phi) is 3.44. The molecule has 0 unspecified atom stereocenters. The minimum Gasteiger partial charge on any atom is -0.395 e. The summed E-state index contributed by atoms with van der Waals surface area (Å²) in [7, 11) is 2.04. The van der Waals surface area contributed by atoms with E-state index in [1.54, 1.807) is 0 Å². The number of rotatable bonds is 6. The predicted molar refractivity (Wildman–Crippen MR) is 60.5 cm³/mol. The minimum atomic E-state index is 0.263. The number of aliphatic hydroxyl groups excluding tert-OH is 1. The van der Waals surface area contributed by atoms with Crippen molar-refractivity contribution in [2.45, 2.75) is 19.4 Å². The highest BCUT2D eigenvalue weighted by atomic mass is 16.3. The highest BCUT2D eigenvalue weighted by molar-refractivity contribution is 5.09. The molecule has 1 saturated carbocycles. The molecule has 2 rings (SSSR count). The molecule has 3 nitrogen and oxygen atoms in total. The maximum absolute atomic E-state index is 9.01. The van der Waals surface area contributed by atoms with E-state index in [0.717, 1.165) is 25.6 Å². The third-order valence-corrected chi connectivity index (χ3v) is 2.93. The van der Waals surface area contributed by atoms with Gasteiger partial charge in [0.2, 0.25) is 0 Å². The normalized spacial score (nSPS) is 16.2. The number of hydrogen-bond acceptors (Lipinski definition) is 2. The Morgan fingerprint density at radius 3 is 2.87 bits per heavy atom.